The van der Waals surface area contributed by atoms with Crippen molar-refractivity contribution in [2.45, 2.75) is 27.2 Å². The van der Waals surface area contributed by atoms with Gasteiger partial charge in [0.1, 0.15) is 0 Å². The van der Waals surface area contributed by atoms with Crippen molar-refractivity contribution in [1.29, 1.82) is 0 Å². The molecule has 0 heterocycles. The van der Waals surface area contributed by atoms with Crippen LogP contribution in [0.2, 0.25) is 10.0 Å². The highest BCUT2D eigenvalue weighted by molar-refractivity contribution is 6.42. The summed E-state index contributed by atoms with van der Waals surface area (Å²) < 4.78 is 0. The third-order valence-corrected chi connectivity index (χ3v) is 3.64. The molecule has 1 unspecified atom stereocenters. The maximum absolute atomic E-state index is 12.0. The van der Waals surface area contributed by atoms with Crippen LogP contribution in [0, 0.1) is 11.3 Å². The van der Waals surface area contributed by atoms with Gasteiger partial charge in [-0.3, -0.25) is 9.59 Å². The number of aliphatic carboxylic acids is 1. The number of halogens is 2. The molecular formula is C15H19Cl2NO3. The zero-order chi connectivity index (χ0) is 16.2. The van der Waals surface area contributed by atoms with Gasteiger partial charge in [-0.25, -0.2) is 0 Å². The average Bonchev–Trinajstić information content (AvgIpc) is 2.35. The van der Waals surface area contributed by atoms with Crippen LogP contribution < -0.4 is 5.32 Å². The number of carbonyl (C=O) groups excluding carboxylic acids is 1. The lowest BCUT2D eigenvalue weighted by molar-refractivity contribution is -0.142. The minimum atomic E-state index is -0.917. The minimum Gasteiger partial charge on any atom is -0.481 e. The van der Waals surface area contributed by atoms with Crippen LogP contribution in [0.15, 0.2) is 18.2 Å². The second-order valence-electron chi connectivity index (χ2n) is 6.14. The van der Waals surface area contributed by atoms with E-state index in [-0.39, 0.29) is 22.9 Å². The summed E-state index contributed by atoms with van der Waals surface area (Å²) in [6.45, 7) is 5.96. The molecule has 6 heteroatoms. The van der Waals surface area contributed by atoms with E-state index in [9.17, 15) is 14.7 Å². The highest BCUT2D eigenvalue weighted by atomic mass is 35.5. The molecule has 0 radical (unpaired) electrons. The second kappa shape index (κ2) is 7.14. The Kier molecular flexibility index (Phi) is 6.05. The minimum absolute atomic E-state index is 0.0751. The maximum atomic E-state index is 12.0. The van der Waals surface area contributed by atoms with E-state index in [4.69, 9.17) is 23.2 Å². The van der Waals surface area contributed by atoms with Crippen molar-refractivity contribution in [3.63, 3.8) is 0 Å². The van der Waals surface area contributed by atoms with E-state index in [1.807, 2.05) is 20.8 Å². The van der Waals surface area contributed by atoms with E-state index in [2.05, 4.69) is 5.32 Å². The molecule has 0 saturated carbocycles. The second-order valence-corrected chi connectivity index (χ2v) is 6.95. The molecule has 0 saturated heterocycles. The molecule has 2 N–H and O–H groups in total. The molecule has 0 spiro atoms. The largest absolute Gasteiger partial charge is 0.481 e. The van der Waals surface area contributed by atoms with Gasteiger partial charge in [0.15, 0.2) is 0 Å². The van der Waals surface area contributed by atoms with Crippen LogP contribution in [-0.4, -0.2) is 23.5 Å². The normalized spacial score (nSPS) is 12.8. The van der Waals surface area contributed by atoms with Gasteiger partial charge in [0, 0.05) is 12.1 Å². The monoisotopic (exact) mass is 331 g/mol. The van der Waals surface area contributed by atoms with Gasteiger partial charge in [0.25, 0.3) is 5.91 Å². The number of hydrogen-bond acceptors (Lipinski definition) is 2. The van der Waals surface area contributed by atoms with Gasteiger partial charge < -0.3 is 10.4 Å². The van der Waals surface area contributed by atoms with Crippen molar-refractivity contribution in [3.05, 3.63) is 33.8 Å². The van der Waals surface area contributed by atoms with Crippen LogP contribution in [0.1, 0.15) is 37.6 Å². The molecule has 0 aromatic heterocycles. The molecule has 1 aromatic carbocycles. The molecule has 4 nitrogen and oxygen atoms in total. The Morgan fingerprint density at radius 3 is 2.33 bits per heavy atom. The van der Waals surface area contributed by atoms with Crippen molar-refractivity contribution >= 4 is 35.1 Å². The number of benzene rings is 1. The third kappa shape index (κ3) is 5.94. The predicted octanol–water partition coefficient (Wildman–Crippen LogP) is 3.86. The summed E-state index contributed by atoms with van der Waals surface area (Å²) in [5, 5.41) is 12.5. The average molecular weight is 332 g/mol. The number of amides is 1. The standard InChI is InChI=1S/C15H19Cl2NO3/c1-15(2,3)7-10(14(20)21)8-18-13(19)9-4-5-11(16)12(17)6-9/h4-6,10H,7-8H2,1-3H3,(H,18,19)(H,20,21). The van der Waals surface area contributed by atoms with Crippen molar-refractivity contribution < 1.29 is 14.7 Å². The maximum Gasteiger partial charge on any atom is 0.308 e. The van der Waals surface area contributed by atoms with E-state index in [0.717, 1.165) is 0 Å². The van der Waals surface area contributed by atoms with Crippen LogP contribution >= 0.6 is 23.2 Å². The fourth-order valence-electron chi connectivity index (χ4n) is 1.94. The molecule has 1 amide bonds. The van der Waals surface area contributed by atoms with Crippen LogP contribution in [0.3, 0.4) is 0 Å². The first kappa shape index (κ1) is 17.8. The van der Waals surface area contributed by atoms with Gasteiger partial charge in [0.2, 0.25) is 0 Å². The van der Waals surface area contributed by atoms with E-state index in [0.29, 0.717) is 17.0 Å². The van der Waals surface area contributed by atoms with E-state index >= 15 is 0 Å². The quantitative estimate of drug-likeness (QED) is 0.860. The van der Waals surface area contributed by atoms with Gasteiger partial charge in [-0.1, -0.05) is 44.0 Å². The lowest BCUT2D eigenvalue weighted by Crippen LogP contribution is -2.35. The van der Waals surface area contributed by atoms with Crippen molar-refractivity contribution in [3.8, 4) is 0 Å². The molecule has 0 aliphatic heterocycles. The molecule has 0 fully saturated rings. The number of carboxylic acids is 1. The highest BCUT2D eigenvalue weighted by Crippen LogP contribution is 2.25. The fourth-order valence-corrected chi connectivity index (χ4v) is 2.24. The molecule has 1 rings (SSSR count). The van der Waals surface area contributed by atoms with E-state index in [1.165, 1.54) is 12.1 Å². The lowest BCUT2D eigenvalue weighted by atomic mass is 9.84. The van der Waals surface area contributed by atoms with E-state index in [1.54, 1.807) is 6.07 Å². The Bertz CT molecular complexity index is 538. The molecule has 116 valence electrons. The number of carbonyl (C=O) groups is 2. The summed E-state index contributed by atoms with van der Waals surface area (Å²) >= 11 is 11.6. The zero-order valence-electron chi connectivity index (χ0n) is 12.2. The van der Waals surface area contributed by atoms with Gasteiger partial charge >= 0.3 is 5.97 Å². The number of nitrogens with one attached hydrogen (secondary N) is 1. The van der Waals surface area contributed by atoms with Crippen molar-refractivity contribution in [1.82, 2.24) is 5.32 Å². The molecule has 1 atom stereocenters. The molecule has 0 bridgehead atoms. The summed E-state index contributed by atoms with van der Waals surface area (Å²) in [6, 6.07) is 4.53. The Morgan fingerprint density at radius 2 is 1.86 bits per heavy atom. The van der Waals surface area contributed by atoms with Crippen molar-refractivity contribution in [2.24, 2.45) is 11.3 Å². The molecule has 1 aromatic rings. The first-order valence-corrected chi connectivity index (χ1v) is 7.32. The Morgan fingerprint density at radius 1 is 1.24 bits per heavy atom. The summed E-state index contributed by atoms with van der Waals surface area (Å²) in [7, 11) is 0. The van der Waals surface area contributed by atoms with Crippen LogP contribution in [-0.2, 0) is 4.79 Å². The highest BCUT2D eigenvalue weighted by Gasteiger charge is 2.25. The van der Waals surface area contributed by atoms with Gasteiger partial charge in [-0.05, 0) is 30.0 Å². The summed E-state index contributed by atoms with van der Waals surface area (Å²) in [6.07, 6.45) is 0.476. The van der Waals surface area contributed by atoms with Crippen LogP contribution in [0.5, 0.6) is 0 Å². The SMILES string of the molecule is CC(C)(C)CC(CNC(=O)c1ccc(Cl)c(Cl)c1)C(=O)O. The van der Waals surface area contributed by atoms with E-state index < -0.39 is 11.9 Å². The van der Waals surface area contributed by atoms with Gasteiger partial charge in [-0.15, -0.1) is 0 Å². The molecular weight excluding hydrogens is 313 g/mol. The Labute approximate surface area is 134 Å². The lowest BCUT2D eigenvalue weighted by Gasteiger charge is -2.23. The van der Waals surface area contributed by atoms with Crippen LogP contribution in [0.25, 0.3) is 0 Å². The van der Waals surface area contributed by atoms with Crippen molar-refractivity contribution in [2.75, 3.05) is 6.54 Å². The topological polar surface area (TPSA) is 66.4 Å². The third-order valence-electron chi connectivity index (χ3n) is 2.90. The fraction of sp³-hybridized carbons (Fsp3) is 0.467. The zero-order valence-corrected chi connectivity index (χ0v) is 13.8. The molecule has 0 aliphatic carbocycles. The number of carboxylic acid groups (broad SMARTS) is 1. The number of hydrogen-bond donors (Lipinski definition) is 2. The predicted molar refractivity (Wildman–Crippen MR) is 84.0 cm³/mol. The summed E-state index contributed by atoms with van der Waals surface area (Å²) in [5.41, 5.74) is 0.224. The first-order chi connectivity index (χ1) is 9.60. The van der Waals surface area contributed by atoms with Crippen LogP contribution in [0.4, 0.5) is 0 Å². The Balaban J connectivity index is 2.69. The molecule has 21 heavy (non-hydrogen) atoms. The summed E-state index contributed by atoms with van der Waals surface area (Å²) in [4.78, 5) is 23.2. The first-order valence-electron chi connectivity index (χ1n) is 6.56. The Hall–Kier alpha value is -1.26. The summed E-state index contributed by atoms with van der Waals surface area (Å²) in [5.74, 6) is -1.91. The van der Waals surface area contributed by atoms with Gasteiger partial charge in [-0.2, -0.15) is 0 Å². The molecule has 0 aliphatic rings. The van der Waals surface area contributed by atoms with Gasteiger partial charge in [0.05, 0.1) is 16.0 Å². The number of rotatable bonds is 5. The smallest absolute Gasteiger partial charge is 0.308 e.